The number of anilines is 1. The first kappa shape index (κ1) is 20.7. The first-order chi connectivity index (χ1) is 13.1. The van der Waals surface area contributed by atoms with Gasteiger partial charge in [-0.1, -0.05) is 24.1 Å². The van der Waals surface area contributed by atoms with Crippen LogP contribution < -0.4 is 15.4 Å². The fourth-order valence-electron chi connectivity index (χ4n) is 2.40. The third-order valence-electron chi connectivity index (χ3n) is 3.94. The number of nitrogens with one attached hydrogen (secondary N) is 2. The Morgan fingerprint density at radius 2 is 1.59 bits per heavy atom. The summed E-state index contributed by atoms with van der Waals surface area (Å²) in [6, 6.07) is 15.6. The van der Waals surface area contributed by atoms with Crippen molar-refractivity contribution in [2.45, 2.75) is 32.6 Å². The Morgan fingerprint density at radius 1 is 0.963 bits per heavy atom. The molecule has 144 valence electrons. The van der Waals surface area contributed by atoms with E-state index >= 15 is 0 Å². The van der Waals surface area contributed by atoms with Crippen LogP contribution in [0.15, 0.2) is 48.5 Å². The minimum absolute atomic E-state index is 0.157. The van der Waals surface area contributed by atoms with Crippen LogP contribution >= 0.6 is 12.2 Å². The summed E-state index contributed by atoms with van der Waals surface area (Å²) in [4.78, 5) is 11.0. The Labute approximate surface area is 166 Å². The van der Waals surface area contributed by atoms with Crippen molar-refractivity contribution in [1.29, 1.82) is 0 Å². The Kier molecular flexibility index (Phi) is 8.58. The minimum atomic E-state index is -0.157. The number of carbonyl (C=O) groups excluding carboxylic acids is 1. The maximum absolute atomic E-state index is 11.0. The van der Waals surface area contributed by atoms with E-state index in [1.54, 1.807) is 0 Å². The SMILES string of the molecule is COC(=O)CCCCCNC(=S)Nc1ccc(Oc2ccc(C)cc2)cc1. The molecule has 0 aliphatic carbocycles. The van der Waals surface area contributed by atoms with Crippen molar-refractivity contribution < 1.29 is 14.3 Å². The number of esters is 1. The smallest absolute Gasteiger partial charge is 0.305 e. The molecule has 2 aromatic rings. The molecule has 2 aromatic carbocycles. The monoisotopic (exact) mass is 386 g/mol. The second kappa shape index (κ2) is 11.2. The van der Waals surface area contributed by atoms with Gasteiger partial charge in [0.25, 0.3) is 0 Å². The van der Waals surface area contributed by atoms with Crippen LogP contribution in [-0.2, 0) is 9.53 Å². The topological polar surface area (TPSA) is 59.6 Å². The van der Waals surface area contributed by atoms with Gasteiger partial charge < -0.3 is 20.1 Å². The summed E-state index contributed by atoms with van der Waals surface area (Å²) in [7, 11) is 1.41. The summed E-state index contributed by atoms with van der Waals surface area (Å²) in [6.07, 6.45) is 3.20. The van der Waals surface area contributed by atoms with Crippen LogP contribution in [0, 0.1) is 6.92 Å². The molecule has 0 unspecified atom stereocenters. The summed E-state index contributed by atoms with van der Waals surface area (Å²) in [5.41, 5.74) is 2.10. The summed E-state index contributed by atoms with van der Waals surface area (Å²) in [5, 5.41) is 6.89. The molecule has 0 aliphatic heterocycles. The van der Waals surface area contributed by atoms with E-state index in [9.17, 15) is 4.79 Å². The van der Waals surface area contributed by atoms with Gasteiger partial charge >= 0.3 is 5.97 Å². The highest BCUT2D eigenvalue weighted by Gasteiger charge is 2.02. The molecule has 0 saturated carbocycles. The van der Waals surface area contributed by atoms with Gasteiger partial charge in [0.15, 0.2) is 5.11 Å². The second-order valence-electron chi connectivity index (χ2n) is 6.21. The van der Waals surface area contributed by atoms with Gasteiger partial charge in [-0.2, -0.15) is 0 Å². The lowest BCUT2D eigenvalue weighted by atomic mass is 10.2. The summed E-state index contributed by atoms with van der Waals surface area (Å²) < 4.78 is 10.4. The highest BCUT2D eigenvalue weighted by Crippen LogP contribution is 2.23. The molecule has 0 aromatic heterocycles. The molecule has 0 aliphatic rings. The lowest BCUT2D eigenvalue weighted by Gasteiger charge is -2.11. The van der Waals surface area contributed by atoms with Gasteiger partial charge in [-0.3, -0.25) is 4.79 Å². The van der Waals surface area contributed by atoms with E-state index in [-0.39, 0.29) is 5.97 Å². The lowest BCUT2D eigenvalue weighted by molar-refractivity contribution is -0.140. The number of unbranched alkanes of at least 4 members (excludes halogenated alkanes) is 2. The van der Waals surface area contributed by atoms with Crippen molar-refractivity contribution in [2.24, 2.45) is 0 Å². The molecule has 0 atom stereocenters. The summed E-state index contributed by atoms with van der Waals surface area (Å²) >= 11 is 5.30. The van der Waals surface area contributed by atoms with E-state index in [1.807, 2.05) is 55.5 Å². The van der Waals surface area contributed by atoms with Gasteiger partial charge in [0, 0.05) is 18.7 Å². The van der Waals surface area contributed by atoms with Crippen LogP contribution in [0.25, 0.3) is 0 Å². The highest BCUT2D eigenvalue weighted by atomic mass is 32.1. The predicted octanol–water partition coefficient (Wildman–Crippen LogP) is 4.81. The third kappa shape index (κ3) is 8.09. The van der Waals surface area contributed by atoms with E-state index in [0.29, 0.717) is 11.5 Å². The fourth-order valence-corrected chi connectivity index (χ4v) is 2.62. The van der Waals surface area contributed by atoms with Crippen LogP contribution in [0.4, 0.5) is 5.69 Å². The number of hydrogen-bond acceptors (Lipinski definition) is 4. The normalized spacial score (nSPS) is 10.1. The standard InChI is InChI=1S/C21H26N2O3S/c1-16-7-11-18(12-8-16)26-19-13-9-17(10-14-19)23-21(27)22-15-5-3-4-6-20(24)25-2/h7-14H,3-6,15H2,1-2H3,(H2,22,23,27). The summed E-state index contributed by atoms with van der Waals surface area (Å²) in [6.45, 7) is 2.81. The number of hydrogen-bond donors (Lipinski definition) is 2. The largest absolute Gasteiger partial charge is 0.469 e. The number of carbonyl (C=O) groups is 1. The number of thiocarbonyl (C=S) groups is 1. The quantitative estimate of drug-likeness (QED) is 0.366. The van der Waals surface area contributed by atoms with E-state index < -0.39 is 0 Å². The maximum atomic E-state index is 11.0. The minimum Gasteiger partial charge on any atom is -0.469 e. The van der Waals surface area contributed by atoms with Crippen molar-refractivity contribution >= 4 is 29.0 Å². The van der Waals surface area contributed by atoms with Crippen LogP contribution in [0.5, 0.6) is 11.5 Å². The first-order valence-electron chi connectivity index (χ1n) is 9.03. The van der Waals surface area contributed by atoms with Crippen LogP contribution in [0.1, 0.15) is 31.2 Å². The average molecular weight is 387 g/mol. The van der Waals surface area contributed by atoms with E-state index in [2.05, 4.69) is 15.4 Å². The van der Waals surface area contributed by atoms with E-state index in [4.69, 9.17) is 17.0 Å². The molecule has 5 nitrogen and oxygen atoms in total. The number of rotatable bonds is 9. The van der Waals surface area contributed by atoms with Crippen molar-refractivity contribution in [3.63, 3.8) is 0 Å². The number of methoxy groups -OCH3 is 1. The molecule has 0 fully saturated rings. The van der Waals surface area contributed by atoms with Gasteiger partial charge in [0.05, 0.1) is 7.11 Å². The zero-order valence-electron chi connectivity index (χ0n) is 15.8. The summed E-state index contributed by atoms with van der Waals surface area (Å²) in [5.74, 6) is 1.43. The molecular weight excluding hydrogens is 360 g/mol. The van der Waals surface area contributed by atoms with Gasteiger partial charge in [0.2, 0.25) is 0 Å². The molecule has 0 radical (unpaired) electrons. The second-order valence-corrected chi connectivity index (χ2v) is 6.62. The lowest BCUT2D eigenvalue weighted by Crippen LogP contribution is -2.29. The molecule has 0 heterocycles. The molecule has 27 heavy (non-hydrogen) atoms. The Bertz CT molecular complexity index is 730. The predicted molar refractivity (Wildman–Crippen MR) is 112 cm³/mol. The Balaban J connectivity index is 1.67. The van der Waals surface area contributed by atoms with Crippen molar-refractivity contribution in [1.82, 2.24) is 5.32 Å². The fraction of sp³-hybridized carbons (Fsp3) is 0.333. The number of aryl methyl sites for hydroxylation is 1. The van der Waals surface area contributed by atoms with Crippen LogP contribution in [0.3, 0.4) is 0 Å². The first-order valence-corrected chi connectivity index (χ1v) is 9.44. The molecular formula is C21H26N2O3S. The van der Waals surface area contributed by atoms with Crippen molar-refractivity contribution in [3.8, 4) is 11.5 Å². The van der Waals surface area contributed by atoms with E-state index in [0.717, 1.165) is 43.0 Å². The molecule has 0 spiro atoms. The maximum Gasteiger partial charge on any atom is 0.305 e. The van der Waals surface area contributed by atoms with Gasteiger partial charge in [-0.15, -0.1) is 0 Å². The molecule has 2 N–H and O–H groups in total. The van der Waals surface area contributed by atoms with Gasteiger partial charge in [-0.25, -0.2) is 0 Å². The molecule has 6 heteroatoms. The van der Waals surface area contributed by atoms with Crippen LogP contribution in [0.2, 0.25) is 0 Å². The third-order valence-corrected chi connectivity index (χ3v) is 4.19. The van der Waals surface area contributed by atoms with Crippen molar-refractivity contribution in [3.05, 3.63) is 54.1 Å². The van der Waals surface area contributed by atoms with Gasteiger partial charge in [-0.05, 0) is 68.4 Å². The molecule has 2 rings (SSSR count). The highest BCUT2D eigenvalue weighted by molar-refractivity contribution is 7.80. The Hall–Kier alpha value is -2.60. The average Bonchev–Trinajstić information content (AvgIpc) is 2.67. The van der Waals surface area contributed by atoms with Crippen molar-refractivity contribution in [2.75, 3.05) is 19.0 Å². The molecule has 0 bridgehead atoms. The van der Waals surface area contributed by atoms with Gasteiger partial charge in [0.1, 0.15) is 11.5 Å². The van der Waals surface area contributed by atoms with Crippen LogP contribution in [-0.4, -0.2) is 24.7 Å². The number of benzene rings is 2. The zero-order chi connectivity index (χ0) is 19.5. The van der Waals surface area contributed by atoms with E-state index in [1.165, 1.54) is 12.7 Å². The molecule has 0 amide bonds. The zero-order valence-corrected chi connectivity index (χ0v) is 16.6. The Morgan fingerprint density at radius 3 is 2.22 bits per heavy atom. The molecule has 0 saturated heterocycles. The number of ether oxygens (including phenoxy) is 2.